The van der Waals surface area contributed by atoms with Crippen LogP contribution in [0.15, 0.2) is 24.3 Å². The van der Waals surface area contributed by atoms with E-state index >= 15 is 0 Å². The Hall–Kier alpha value is -0.280. The molecule has 4 heteroatoms. The van der Waals surface area contributed by atoms with Crippen LogP contribution in [0.1, 0.15) is 5.56 Å². The minimum Gasteiger partial charge on any atom is -0.383 e. The summed E-state index contributed by atoms with van der Waals surface area (Å²) in [5.74, 6) is 0. The van der Waals surface area contributed by atoms with E-state index in [0.717, 1.165) is 18.1 Å². The zero-order valence-electron chi connectivity index (χ0n) is 9.62. The van der Waals surface area contributed by atoms with E-state index in [-0.39, 0.29) is 5.38 Å². The second-order valence-corrected chi connectivity index (χ2v) is 4.93. The minimum absolute atomic E-state index is 0.0224. The second kappa shape index (κ2) is 7.13. The van der Waals surface area contributed by atoms with Gasteiger partial charge < -0.3 is 9.64 Å². The summed E-state index contributed by atoms with van der Waals surface area (Å²) in [4.78, 5) is 2.16. The maximum atomic E-state index is 6.08. The van der Waals surface area contributed by atoms with Gasteiger partial charge in [-0.1, -0.05) is 23.7 Å². The van der Waals surface area contributed by atoms with E-state index in [0.29, 0.717) is 6.61 Å². The molecule has 16 heavy (non-hydrogen) atoms. The summed E-state index contributed by atoms with van der Waals surface area (Å²) in [7, 11) is 3.69. The Morgan fingerprint density at radius 2 is 2.19 bits per heavy atom. The third-order valence-electron chi connectivity index (χ3n) is 2.20. The molecule has 0 aliphatic rings. The first-order valence-corrected chi connectivity index (χ1v) is 5.99. The molecule has 0 N–H and O–H groups in total. The number of nitrogens with zero attached hydrogens (tertiary/aromatic N) is 1. The molecule has 1 aromatic carbocycles. The topological polar surface area (TPSA) is 12.5 Å². The molecular weight excluding hydrogens is 245 g/mol. The fourth-order valence-electron chi connectivity index (χ4n) is 1.58. The molecule has 90 valence electrons. The summed E-state index contributed by atoms with van der Waals surface area (Å²) in [6, 6.07) is 7.86. The Morgan fingerprint density at radius 1 is 1.44 bits per heavy atom. The van der Waals surface area contributed by atoms with Crippen molar-refractivity contribution in [2.24, 2.45) is 0 Å². The van der Waals surface area contributed by atoms with Crippen LogP contribution in [-0.4, -0.2) is 37.6 Å². The molecule has 1 unspecified atom stereocenters. The molecule has 1 rings (SSSR count). The molecule has 0 aliphatic carbocycles. The molecule has 0 saturated carbocycles. The predicted octanol–water partition coefficient (Wildman–Crippen LogP) is 3.03. The highest BCUT2D eigenvalue weighted by atomic mass is 35.5. The molecule has 0 aromatic heterocycles. The van der Waals surface area contributed by atoms with Crippen molar-refractivity contribution in [2.45, 2.75) is 11.9 Å². The van der Waals surface area contributed by atoms with Crippen LogP contribution < -0.4 is 0 Å². The smallest absolute Gasteiger partial charge is 0.0696 e. The zero-order valence-corrected chi connectivity index (χ0v) is 11.1. The van der Waals surface area contributed by atoms with Crippen molar-refractivity contribution in [1.82, 2.24) is 4.90 Å². The molecule has 0 aliphatic heterocycles. The summed E-state index contributed by atoms with van der Waals surface area (Å²) in [6.07, 6.45) is 0. The van der Waals surface area contributed by atoms with Gasteiger partial charge in [0.25, 0.3) is 0 Å². The van der Waals surface area contributed by atoms with Gasteiger partial charge in [0.1, 0.15) is 0 Å². The van der Waals surface area contributed by atoms with Crippen LogP contribution >= 0.6 is 23.2 Å². The fraction of sp³-hybridized carbons (Fsp3) is 0.500. The largest absolute Gasteiger partial charge is 0.383 e. The maximum absolute atomic E-state index is 6.08. The van der Waals surface area contributed by atoms with Gasteiger partial charge in [0.15, 0.2) is 0 Å². The van der Waals surface area contributed by atoms with Crippen LogP contribution in [0.3, 0.4) is 0 Å². The van der Waals surface area contributed by atoms with Gasteiger partial charge in [-0.3, -0.25) is 0 Å². The quantitative estimate of drug-likeness (QED) is 0.731. The Kier molecular flexibility index (Phi) is 6.14. The highest BCUT2D eigenvalue weighted by molar-refractivity contribution is 6.30. The molecular formula is C12H17Cl2NO. The van der Waals surface area contributed by atoms with E-state index in [9.17, 15) is 0 Å². The van der Waals surface area contributed by atoms with Gasteiger partial charge in [-0.25, -0.2) is 0 Å². The first kappa shape index (κ1) is 13.8. The highest BCUT2D eigenvalue weighted by Gasteiger charge is 2.08. The molecule has 1 aromatic rings. The standard InChI is InChI=1S/C12H17Cl2NO/c1-15(8-12(14)9-16-2)7-10-4-3-5-11(13)6-10/h3-6,12H,7-9H2,1-2H3. The molecule has 0 fully saturated rings. The number of rotatable bonds is 6. The Morgan fingerprint density at radius 3 is 2.81 bits per heavy atom. The number of hydrogen-bond acceptors (Lipinski definition) is 2. The highest BCUT2D eigenvalue weighted by Crippen LogP contribution is 2.12. The lowest BCUT2D eigenvalue weighted by Crippen LogP contribution is -2.28. The number of hydrogen-bond donors (Lipinski definition) is 0. The lowest BCUT2D eigenvalue weighted by atomic mass is 10.2. The molecule has 1 atom stereocenters. The third-order valence-corrected chi connectivity index (χ3v) is 2.70. The van der Waals surface area contributed by atoms with Crippen LogP contribution in [0.2, 0.25) is 5.02 Å². The molecule has 2 nitrogen and oxygen atoms in total. The van der Waals surface area contributed by atoms with E-state index in [2.05, 4.69) is 11.0 Å². The first-order valence-electron chi connectivity index (χ1n) is 5.18. The summed E-state index contributed by atoms with van der Waals surface area (Å²) < 4.78 is 4.99. The van der Waals surface area contributed by atoms with Crippen molar-refractivity contribution in [2.75, 3.05) is 27.3 Å². The maximum Gasteiger partial charge on any atom is 0.0696 e. The van der Waals surface area contributed by atoms with Crippen LogP contribution in [0, 0.1) is 0 Å². The molecule has 0 saturated heterocycles. The van der Waals surface area contributed by atoms with E-state index < -0.39 is 0 Å². The van der Waals surface area contributed by atoms with Gasteiger partial charge in [0, 0.05) is 25.2 Å². The predicted molar refractivity (Wildman–Crippen MR) is 69.3 cm³/mol. The van der Waals surface area contributed by atoms with E-state index in [1.165, 1.54) is 5.56 Å². The average molecular weight is 262 g/mol. The minimum atomic E-state index is 0.0224. The summed E-state index contributed by atoms with van der Waals surface area (Å²) in [5, 5.41) is 0.791. The Bertz CT molecular complexity index is 320. The average Bonchev–Trinajstić information content (AvgIpc) is 2.17. The van der Waals surface area contributed by atoms with Gasteiger partial charge in [0.05, 0.1) is 12.0 Å². The molecule has 0 amide bonds. The van der Waals surface area contributed by atoms with E-state index in [1.54, 1.807) is 7.11 Å². The van der Waals surface area contributed by atoms with Crippen molar-refractivity contribution in [3.8, 4) is 0 Å². The van der Waals surface area contributed by atoms with Crippen molar-refractivity contribution in [3.63, 3.8) is 0 Å². The monoisotopic (exact) mass is 261 g/mol. The van der Waals surface area contributed by atoms with Gasteiger partial charge in [-0.2, -0.15) is 0 Å². The van der Waals surface area contributed by atoms with Crippen LogP contribution in [0.25, 0.3) is 0 Å². The summed E-state index contributed by atoms with van der Waals surface area (Å²) >= 11 is 12.0. The van der Waals surface area contributed by atoms with Gasteiger partial charge in [0.2, 0.25) is 0 Å². The lowest BCUT2D eigenvalue weighted by molar-refractivity contribution is 0.181. The van der Waals surface area contributed by atoms with Gasteiger partial charge >= 0.3 is 0 Å². The number of benzene rings is 1. The molecule has 0 heterocycles. The van der Waals surface area contributed by atoms with Crippen molar-refractivity contribution < 1.29 is 4.74 Å². The number of methoxy groups -OCH3 is 1. The van der Waals surface area contributed by atoms with Gasteiger partial charge in [-0.05, 0) is 24.7 Å². The SMILES string of the molecule is COCC(Cl)CN(C)Cc1cccc(Cl)c1. The van der Waals surface area contributed by atoms with Crippen molar-refractivity contribution >= 4 is 23.2 Å². The van der Waals surface area contributed by atoms with Crippen molar-refractivity contribution in [3.05, 3.63) is 34.9 Å². The van der Waals surface area contributed by atoms with Crippen LogP contribution in [0.5, 0.6) is 0 Å². The van der Waals surface area contributed by atoms with Crippen molar-refractivity contribution in [1.29, 1.82) is 0 Å². The van der Waals surface area contributed by atoms with Crippen LogP contribution in [0.4, 0.5) is 0 Å². The Balaban J connectivity index is 2.42. The number of ether oxygens (including phenoxy) is 1. The van der Waals surface area contributed by atoms with E-state index in [1.807, 2.05) is 25.2 Å². The summed E-state index contributed by atoms with van der Waals surface area (Å²) in [5.41, 5.74) is 1.19. The fourth-order valence-corrected chi connectivity index (χ4v) is 2.16. The first-order chi connectivity index (χ1) is 7.61. The molecule has 0 bridgehead atoms. The molecule has 0 radical (unpaired) electrons. The van der Waals surface area contributed by atoms with Gasteiger partial charge in [-0.15, -0.1) is 11.6 Å². The van der Waals surface area contributed by atoms with E-state index in [4.69, 9.17) is 27.9 Å². The normalized spacial score (nSPS) is 13.1. The summed E-state index contributed by atoms with van der Waals surface area (Å²) in [6.45, 7) is 2.21. The Labute approximate surface area is 107 Å². The number of halogens is 2. The second-order valence-electron chi connectivity index (χ2n) is 3.88. The molecule has 0 spiro atoms. The number of alkyl halides is 1. The zero-order chi connectivity index (χ0) is 12.0. The van der Waals surface area contributed by atoms with Crippen LogP contribution in [-0.2, 0) is 11.3 Å². The lowest BCUT2D eigenvalue weighted by Gasteiger charge is -2.19. The third kappa shape index (κ3) is 5.17.